The smallest absolute Gasteiger partial charge is 0.406 e. The summed E-state index contributed by atoms with van der Waals surface area (Å²) in [7, 11) is 0. The first-order chi connectivity index (χ1) is 8.87. The molecule has 0 amide bonds. The summed E-state index contributed by atoms with van der Waals surface area (Å²) in [5.41, 5.74) is 2.57. The molecular formula is C13H9F3INO. The normalized spacial score (nSPS) is 11.4. The van der Waals surface area contributed by atoms with Gasteiger partial charge in [0.2, 0.25) is 0 Å². The molecule has 100 valence electrons. The average molecular weight is 379 g/mol. The molecule has 2 nitrogen and oxygen atoms in total. The number of hydrogen-bond acceptors (Lipinski definition) is 2. The van der Waals surface area contributed by atoms with E-state index in [1.165, 1.54) is 12.1 Å². The van der Waals surface area contributed by atoms with Crippen molar-refractivity contribution in [3.05, 3.63) is 45.7 Å². The van der Waals surface area contributed by atoms with Gasteiger partial charge >= 0.3 is 6.36 Å². The third-order valence-electron chi connectivity index (χ3n) is 2.44. The van der Waals surface area contributed by atoms with E-state index in [1.807, 2.05) is 13.0 Å². The predicted octanol–water partition coefficient (Wildman–Crippen LogP) is 4.56. The molecule has 1 aromatic carbocycles. The largest absolute Gasteiger partial charge is 0.573 e. The van der Waals surface area contributed by atoms with E-state index in [9.17, 15) is 13.2 Å². The van der Waals surface area contributed by atoms with Crippen LogP contribution in [0.5, 0.6) is 5.75 Å². The van der Waals surface area contributed by atoms with Crippen LogP contribution in [-0.2, 0) is 0 Å². The van der Waals surface area contributed by atoms with Crippen molar-refractivity contribution in [2.45, 2.75) is 13.3 Å². The minimum Gasteiger partial charge on any atom is -0.406 e. The number of halogens is 4. The Balaban J connectivity index is 2.30. The first-order valence-electron chi connectivity index (χ1n) is 5.34. The minimum atomic E-state index is -4.67. The van der Waals surface area contributed by atoms with Crippen LogP contribution < -0.4 is 4.74 Å². The molecule has 0 aliphatic rings. The highest BCUT2D eigenvalue weighted by Crippen LogP contribution is 2.28. The fraction of sp³-hybridized carbons (Fsp3) is 0.154. The van der Waals surface area contributed by atoms with Gasteiger partial charge in [-0.15, -0.1) is 13.2 Å². The second-order valence-corrected chi connectivity index (χ2v) is 4.94. The molecule has 0 fully saturated rings. The summed E-state index contributed by atoms with van der Waals surface area (Å²) in [6.45, 7) is 1.95. The second kappa shape index (κ2) is 5.36. The fourth-order valence-corrected chi connectivity index (χ4v) is 2.19. The van der Waals surface area contributed by atoms with E-state index in [4.69, 9.17) is 0 Å². The molecular weight excluding hydrogens is 370 g/mol. The van der Waals surface area contributed by atoms with Crippen molar-refractivity contribution in [2.75, 3.05) is 0 Å². The Labute approximate surface area is 121 Å². The molecule has 0 saturated carbocycles. The van der Waals surface area contributed by atoms with Crippen molar-refractivity contribution in [1.82, 2.24) is 4.98 Å². The van der Waals surface area contributed by atoms with Crippen molar-refractivity contribution < 1.29 is 17.9 Å². The highest BCUT2D eigenvalue weighted by Gasteiger charge is 2.30. The van der Waals surface area contributed by atoms with Gasteiger partial charge in [0, 0.05) is 15.3 Å². The van der Waals surface area contributed by atoms with Gasteiger partial charge in [-0.3, -0.25) is 4.98 Å². The molecule has 2 aromatic rings. The van der Waals surface area contributed by atoms with Crippen LogP contribution in [0, 0.1) is 10.5 Å². The molecule has 0 saturated heterocycles. The molecule has 2 rings (SSSR count). The fourth-order valence-electron chi connectivity index (χ4n) is 1.56. The lowest BCUT2D eigenvalue weighted by Gasteiger charge is -2.10. The summed E-state index contributed by atoms with van der Waals surface area (Å²) in [5.74, 6) is -0.237. The maximum Gasteiger partial charge on any atom is 0.573 e. The summed E-state index contributed by atoms with van der Waals surface area (Å²) in [6.07, 6.45) is -3.00. The highest BCUT2D eigenvalue weighted by atomic mass is 127. The number of benzene rings is 1. The molecule has 0 aliphatic heterocycles. The van der Waals surface area contributed by atoms with Crippen LogP contribution in [0.15, 0.2) is 36.5 Å². The molecule has 0 radical (unpaired) electrons. The summed E-state index contributed by atoms with van der Waals surface area (Å²) < 4.78 is 40.9. The van der Waals surface area contributed by atoms with Crippen molar-refractivity contribution >= 4 is 22.6 Å². The Hall–Kier alpha value is -1.31. The van der Waals surface area contributed by atoms with E-state index in [1.54, 1.807) is 18.3 Å². The zero-order valence-corrected chi connectivity index (χ0v) is 12.0. The number of hydrogen-bond donors (Lipinski definition) is 0. The van der Waals surface area contributed by atoms with Gasteiger partial charge in [-0.1, -0.05) is 0 Å². The third kappa shape index (κ3) is 3.59. The van der Waals surface area contributed by atoms with E-state index >= 15 is 0 Å². The quantitative estimate of drug-likeness (QED) is 0.714. The van der Waals surface area contributed by atoms with Crippen LogP contribution in [-0.4, -0.2) is 11.3 Å². The monoisotopic (exact) mass is 379 g/mol. The van der Waals surface area contributed by atoms with E-state index in [2.05, 4.69) is 32.3 Å². The zero-order valence-electron chi connectivity index (χ0n) is 9.83. The Bertz CT molecular complexity index is 581. The Morgan fingerprint density at radius 3 is 2.32 bits per heavy atom. The third-order valence-corrected chi connectivity index (χ3v) is 3.81. The van der Waals surface area contributed by atoms with Gasteiger partial charge in [-0.05, 0) is 65.4 Å². The molecule has 0 N–H and O–H groups in total. The molecule has 6 heteroatoms. The van der Waals surface area contributed by atoms with Crippen LogP contribution in [0.2, 0.25) is 0 Å². The maximum atomic E-state index is 12.0. The van der Waals surface area contributed by atoms with E-state index in [0.717, 1.165) is 20.4 Å². The molecule has 1 heterocycles. The van der Waals surface area contributed by atoms with Gasteiger partial charge in [0.25, 0.3) is 0 Å². The number of aromatic nitrogens is 1. The summed E-state index contributed by atoms with van der Waals surface area (Å²) in [6, 6.07) is 7.56. The minimum absolute atomic E-state index is 0.237. The predicted molar refractivity (Wildman–Crippen MR) is 73.8 cm³/mol. The number of rotatable bonds is 2. The van der Waals surface area contributed by atoms with Crippen LogP contribution in [0.3, 0.4) is 0 Å². The van der Waals surface area contributed by atoms with Crippen LogP contribution in [0.4, 0.5) is 13.2 Å². The number of nitrogens with zero attached hydrogens (tertiary/aromatic N) is 1. The maximum absolute atomic E-state index is 12.0. The lowest BCUT2D eigenvalue weighted by molar-refractivity contribution is -0.274. The second-order valence-electron chi connectivity index (χ2n) is 3.86. The highest BCUT2D eigenvalue weighted by molar-refractivity contribution is 14.1. The average Bonchev–Trinajstić information content (AvgIpc) is 2.32. The number of aryl methyl sites for hydroxylation is 1. The zero-order chi connectivity index (χ0) is 14.0. The lowest BCUT2D eigenvalue weighted by atomic mass is 10.1. The topological polar surface area (TPSA) is 22.1 Å². The van der Waals surface area contributed by atoms with Gasteiger partial charge in [-0.2, -0.15) is 0 Å². The Kier molecular flexibility index (Phi) is 3.98. The van der Waals surface area contributed by atoms with Crippen LogP contribution in [0.25, 0.3) is 11.3 Å². The van der Waals surface area contributed by atoms with Gasteiger partial charge in [0.15, 0.2) is 0 Å². The van der Waals surface area contributed by atoms with Crippen LogP contribution >= 0.6 is 22.6 Å². The molecule has 0 atom stereocenters. The van der Waals surface area contributed by atoms with Crippen molar-refractivity contribution in [3.8, 4) is 17.0 Å². The van der Waals surface area contributed by atoms with Crippen molar-refractivity contribution in [1.29, 1.82) is 0 Å². The first-order valence-corrected chi connectivity index (χ1v) is 6.42. The summed E-state index contributed by atoms with van der Waals surface area (Å²) in [5, 5.41) is 0. The van der Waals surface area contributed by atoms with Crippen LogP contribution in [0.1, 0.15) is 5.56 Å². The van der Waals surface area contributed by atoms with E-state index in [-0.39, 0.29) is 5.75 Å². The summed E-state index contributed by atoms with van der Waals surface area (Å²) in [4.78, 5) is 4.24. The van der Waals surface area contributed by atoms with Crippen molar-refractivity contribution in [3.63, 3.8) is 0 Å². The number of alkyl halides is 3. The molecule has 0 aliphatic carbocycles. The molecule has 0 spiro atoms. The summed E-state index contributed by atoms with van der Waals surface area (Å²) >= 11 is 2.17. The first kappa shape index (κ1) is 14.1. The molecule has 0 unspecified atom stereocenters. The Morgan fingerprint density at radius 2 is 1.74 bits per heavy atom. The number of ether oxygens (including phenoxy) is 1. The molecule has 1 aromatic heterocycles. The van der Waals surface area contributed by atoms with Gasteiger partial charge in [0.1, 0.15) is 5.75 Å². The Morgan fingerprint density at radius 1 is 1.11 bits per heavy atom. The van der Waals surface area contributed by atoms with Crippen molar-refractivity contribution in [2.24, 2.45) is 0 Å². The standard InChI is InChI=1S/C13H9F3INO/c1-8-6-7-18-12(11(8)17)9-2-4-10(5-3-9)19-13(14,15)16/h2-7H,1H3. The SMILES string of the molecule is Cc1ccnc(-c2ccc(OC(F)(F)F)cc2)c1I. The molecule has 19 heavy (non-hydrogen) atoms. The van der Waals surface area contributed by atoms with Gasteiger partial charge in [0.05, 0.1) is 5.69 Å². The van der Waals surface area contributed by atoms with E-state index in [0.29, 0.717) is 0 Å². The van der Waals surface area contributed by atoms with Gasteiger partial charge < -0.3 is 4.74 Å². The lowest BCUT2D eigenvalue weighted by Crippen LogP contribution is -2.16. The van der Waals surface area contributed by atoms with Gasteiger partial charge in [-0.25, -0.2) is 0 Å². The van der Waals surface area contributed by atoms with E-state index < -0.39 is 6.36 Å². The number of pyridine rings is 1. The molecule has 0 bridgehead atoms.